The monoisotopic (exact) mass is 272 g/mol. The Morgan fingerprint density at radius 1 is 1.26 bits per heavy atom. The Hall–Kier alpha value is -1.35. The minimum Gasteiger partial charge on any atom is -0.337 e. The maximum Gasteiger partial charge on any atom is 0.177 e. The van der Waals surface area contributed by atoms with Gasteiger partial charge in [0.15, 0.2) is 4.77 Å². The summed E-state index contributed by atoms with van der Waals surface area (Å²) in [5.74, 6) is 0.716. The number of hydrogen-bond acceptors (Lipinski definition) is 1. The first-order valence-corrected chi connectivity index (χ1v) is 7.37. The molecule has 1 N–H and O–H groups in total. The Morgan fingerprint density at radius 2 is 1.95 bits per heavy atom. The van der Waals surface area contributed by atoms with E-state index in [-0.39, 0.29) is 0 Å². The summed E-state index contributed by atoms with van der Waals surface area (Å²) >= 11 is 5.46. The van der Waals surface area contributed by atoms with Gasteiger partial charge in [-0.25, -0.2) is 0 Å². The zero-order valence-corrected chi connectivity index (χ0v) is 12.3. The van der Waals surface area contributed by atoms with Crippen molar-refractivity contribution in [1.82, 2.24) is 9.55 Å². The third-order valence-corrected chi connectivity index (χ3v) is 4.87. The van der Waals surface area contributed by atoms with E-state index in [0.29, 0.717) is 11.3 Å². The summed E-state index contributed by atoms with van der Waals surface area (Å²) in [6.07, 6.45) is 4.69. The molecule has 2 nitrogen and oxygen atoms in total. The van der Waals surface area contributed by atoms with Crippen LogP contribution in [0.4, 0.5) is 0 Å². The lowest BCUT2D eigenvalue weighted by molar-refractivity contribution is 0.308. The van der Waals surface area contributed by atoms with Crippen LogP contribution in [0.25, 0.3) is 11.3 Å². The predicted octanol–water partition coefficient (Wildman–Crippen LogP) is 4.65. The van der Waals surface area contributed by atoms with Crippen molar-refractivity contribution in [2.75, 3.05) is 0 Å². The first kappa shape index (κ1) is 12.7. The van der Waals surface area contributed by atoms with E-state index in [1.165, 1.54) is 24.1 Å². The fourth-order valence-electron chi connectivity index (χ4n) is 2.79. The van der Waals surface area contributed by atoms with Crippen LogP contribution in [-0.4, -0.2) is 9.55 Å². The minimum atomic E-state index is 0.462. The van der Waals surface area contributed by atoms with Gasteiger partial charge >= 0.3 is 0 Å². The van der Waals surface area contributed by atoms with Gasteiger partial charge in [0.25, 0.3) is 0 Å². The van der Waals surface area contributed by atoms with E-state index in [9.17, 15) is 0 Å². The Morgan fingerprint density at radius 3 is 2.53 bits per heavy atom. The average molecular weight is 272 g/mol. The number of nitrogens with one attached hydrogen (secondary N) is 1. The van der Waals surface area contributed by atoms with E-state index in [1.807, 2.05) is 12.3 Å². The van der Waals surface area contributed by atoms with E-state index >= 15 is 0 Å². The van der Waals surface area contributed by atoms with Crippen molar-refractivity contribution in [3.63, 3.8) is 0 Å². The quantitative estimate of drug-likeness (QED) is 0.804. The van der Waals surface area contributed by atoms with Crippen LogP contribution in [0.3, 0.4) is 0 Å². The van der Waals surface area contributed by atoms with Gasteiger partial charge in [-0.2, -0.15) is 0 Å². The zero-order valence-electron chi connectivity index (χ0n) is 11.5. The highest BCUT2D eigenvalue weighted by Gasteiger charge is 2.45. The Bertz CT molecular complexity index is 618. The van der Waals surface area contributed by atoms with Gasteiger partial charge in [-0.15, -0.1) is 0 Å². The summed E-state index contributed by atoms with van der Waals surface area (Å²) in [5.41, 5.74) is 2.90. The van der Waals surface area contributed by atoms with Gasteiger partial charge < -0.3 is 9.55 Å². The van der Waals surface area contributed by atoms with Gasteiger partial charge in [0.2, 0.25) is 0 Å². The molecule has 0 bridgehead atoms. The molecule has 1 saturated carbocycles. The van der Waals surface area contributed by atoms with Gasteiger partial charge in [-0.1, -0.05) is 44.2 Å². The van der Waals surface area contributed by atoms with E-state index in [1.54, 1.807) is 0 Å². The lowest BCUT2D eigenvalue weighted by atomic mass is 9.92. The molecule has 0 amide bonds. The number of hydrogen-bond donors (Lipinski definition) is 1. The molecule has 100 valence electrons. The molecule has 1 aliphatic rings. The molecule has 0 unspecified atom stereocenters. The van der Waals surface area contributed by atoms with E-state index < -0.39 is 0 Å². The van der Waals surface area contributed by atoms with Gasteiger partial charge in [0.05, 0.1) is 5.69 Å². The third kappa shape index (κ3) is 2.27. The molecular formula is C16H20N2S. The number of imidazole rings is 1. The molecule has 1 aromatic carbocycles. The van der Waals surface area contributed by atoms with Crippen molar-refractivity contribution < 1.29 is 0 Å². The topological polar surface area (TPSA) is 20.7 Å². The van der Waals surface area contributed by atoms with Crippen LogP contribution < -0.4 is 0 Å². The largest absolute Gasteiger partial charge is 0.337 e. The maximum absolute atomic E-state index is 5.46. The van der Waals surface area contributed by atoms with Crippen molar-refractivity contribution in [3.8, 4) is 11.3 Å². The SMILES string of the molecule is CC(C)C1(Cn2c(-c3ccccc3)c[nH]c2=S)CC1. The zero-order chi connectivity index (χ0) is 13.5. The Kier molecular flexibility index (Phi) is 3.09. The number of benzene rings is 1. The minimum absolute atomic E-state index is 0.462. The number of nitrogens with zero attached hydrogens (tertiary/aromatic N) is 1. The van der Waals surface area contributed by atoms with Crippen LogP contribution in [-0.2, 0) is 6.54 Å². The molecule has 0 radical (unpaired) electrons. The van der Waals surface area contributed by atoms with Gasteiger partial charge in [0, 0.05) is 12.7 Å². The second-order valence-electron chi connectivity index (χ2n) is 5.95. The van der Waals surface area contributed by atoms with E-state index in [2.05, 4.69) is 47.7 Å². The second-order valence-corrected chi connectivity index (χ2v) is 6.34. The highest BCUT2D eigenvalue weighted by molar-refractivity contribution is 7.71. The summed E-state index contributed by atoms with van der Waals surface area (Å²) < 4.78 is 3.11. The normalized spacial score (nSPS) is 16.8. The van der Waals surface area contributed by atoms with E-state index in [4.69, 9.17) is 12.2 Å². The van der Waals surface area contributed by atoms with Crippen molar-refractivity contribution in [3.05, 3.63) is 41.3 Å². The summed E-state index contributed by atoms with van der Waals surface area (Å²) in [6, 6.07) is 10.5. The molecule has 0 aliphatic heterocycles. The highest BCUT2D eigenvalue weighted by Crippen LogP contribution is 2.53. The van der Waals surface area contributed by atoms with Crippen LogP contribution in [0.1, 0.15) is 26.7 Å². The number of aromatic nitrogens is 2. The van der Waals surface area contributed by atoms with Crippen LogP contribution >= 0.6 is 12.2 Å². The smallest absolute Gasteiger partial charge is 0.177 e. The summed E-state index contributed by atoms with van der Waals surface area (Å²) in [7, 11) is 0. The standard InChI is InChI=1S/C16H20N2S/c1-12(2)16(8-9-16)11-18-14(10-17-15(18)19)13-6-4-3-5-7-13/h3-7,10,12H,8-9,11H2,1-2H3,(H,17,19). The predicted molar refractivity (Wildman–Crippen MR) is 81.6 cm³/mol. The fourth-order valence-corrected chi connectivity index (χ4v) is 3.02. The Balaban J connectivity index is 1.99. The number of rotatable bonds is 4. The fraction of sp³-hybridized carbons (Fsp3) is 0.438. The lowest BCUT2D eigenvalue weighted by Crippen LogP contribution is -2.18. The van der Waals surface area contributed by atoms with Crippen molar-refractivity contribution in [1.29, 1.82) is 0 Å². The molecule has 1 aliphatic carbocycles. The van der Waals surface area contributed by atoms with Crippen LogP contribution in [0, 0.1) is 16.1 Å². The number of aromatic amines is 1. The van der Waals surface area contributed by atoms with Crippen molar-refractivity contribution >= 4 is 12.2 Å². The summed E-state index contributed by atoms with van der Waals surface area (Å²) in [4.78, 5) is 3.20. The molecular weight excluding hydrogens is 252 g/mol. The van der Waals surface area contributed by atoms with Crippen LogP contribution in [0.15, 0.2) is 36.5 Å². The molecule has 0 spiro atoms. The maximum atomic E-state index is 5.46. The lowest BCUT2D eigenvalue weighted by Gasteiger charge is -2.21. The third-order valence-electron chi connectivity index (χ3n) is 4.53. The second kappa shape index (κ2) is 4.64. The van der Waals surface area contributed by atoms with Crippen molar-refractivity contribution in [2.45, 2.75) is 33.2 Å². The average Bonchev–Trinajstić information content (AvgIpc) is 3.11. The van der Waals surface area contributed by atoms with Gasteiger partial charge in [-0.05, 0) is 42.0 Å². The van der Waals surface area contributed by atoms with E-state index in [0.717, 1.165) is 11.3 Å². The van der Waals surface area contributed by atoms with Gasteiger partial charge in [-0.3, -0.25) is 0 Å². The highest BCUT2D eigenvalue weighted by atomic mass is 32.1. The molecule has 0 saturated heterocycles. The molecule has 3 rings (SSSR count). The van der Waals surface area contributed by atoms with Crippen LogP contribution in [0.5, 0.6) is 0 Å². The molecule has 3 heteroatoms. The molecule has 1 heterocycles. The molecule has 1 aromatic heterocycles. The Labute approximate surface area is 119 Å². The van der Waals surface area contributed by atoms with Crippen LogP contribution in [0.2, 0.25) is 0 Å². The number of H-pyrrole nitrogens is 1. The van der Waals surface area contributed by atoms with Crippen molar-refractivity contribution in [2.24, 2.45) is 11.3 Å². The first-order chi connectivity index (χ1) is 9.12. The summed E-state index contributed by atoms with van der Waals surface area (Å²) in [5, 5.41) is 0. The molecule has 2 aromatic rings. The molecule has 19 heavy (non-hydrogen) atoms. The first-order valence-electron chi connectivity index (χ1n) is 6.96. The molecule has 1 fully saturated rings. The molecule has 0 atom stereocenters. The summed E-state index contributed by atoms with van der Waals surface area (Å²) in [6.45, 7) is 5.69. The van der Waals surface area contributed by atoms with Gasteiger partial charge in [0.1, 0.15) is 0 Å².